The molecular formula is C14H15N3O3. The average Bonchev–Trinajstić information content (AvgIpc) is 3.25. The molecule has 2 aromatic rings. The number of carbonyl (C=O) groups is 1. The van der Waals surface area contributed by atoms with Crippen molar-refractivity contribution in [1.82, 2.24) is 14.6 Å². The van der Waals surface area contributed by atoms with Crippen LogP contribution >= 0.6 is 0 Å². The number of amides is 1. The third-order valence-corrected chi connectivity index (χ3v) is 3.50. The van der Waals surface area contributed by atoms with Crippen LogP contribution in [0.5, 0.6) is 0 Å². The van der Waals surface area contributed by atoms with Crippen LogP contribution < -0.4 is 5.76 Å². The summed E-state index contributed by atoms with van der Waals surface area (Å²) in [5.74, 6) is -0.329. The molecule has 1 aromatic carbocycles. The van der Waals surface area contributed by atoms with Crippen molar-refractivity contribution in [1.29, 1.82) is 0 Å². The van der Waals surface area contributed by atoms with Crippen molar-refractivity contribution in [2.75, 3.05) is 7.05 Å². The molecule has 1 aromatic heterocycles. The van der Waals surface area contributed by atoms with Crippen molar-refractivity contribution in [3.05, 3.63) is 40.9 Å². The summed E-state index contributed by atoms with van der Waals surface area (Å²) in [6.07, 6.45) is 2.07. The van der Waals surface area contributed by atoms with Gasteiger partial charge in [0.25, 0.3) is 0 Å². The second-order valence-corrected chi connectivity index (χ2v) is 4.96. The molecule has 1 heterocycles. The van der Waals surface area contributed by atoms with Crippen LogP contribution in [0.2, 0.25) is 0 Å². The van der Waals surface area contributed by atoms with Crippen LogP contribution in [0, 0.1) is 0 Å². The highest BCUT2D eigenvalue weighted by Crippen LogP contribution is 2.25. The predicted molar refractivity (Wildman–Crippen MR) is 72.0 cm³/mol. The zero-order chi connectivity index (χ0) is 14.1. The Labute approximate surface area is 115 Å². The molecule has 6 nitrogen and oxygen atoms in total. The van der Waals surface area contributed by atoms with Gasteiger partial charge in [-0.1, -0.05) is 35.5 Å². The van der Waals surface area contributed by atoms with Gasteiger partial charge in [0, 0.05) is 18.7 Å². The van der Waals surface area contributed by atoms with E-state index in [9.17, 15) is 9.59 Å². The topological polar surface area (TPSA) is 68.3 Å². The molecule has 1 aliphatic rings. The van der Waals surface area contributed by atoms with Crippen LogP contribution in [0.1, 0.15) is 12.8 Å². The summed E-state index contributed by atoms with van der Waals surface area (Å²) < 4.78 is 5.97. The summed E-state index contributed by atoms with van der Waals surface area (Å²) in [4.78, 5) is 25.5. The molecule has 0 unspecified atom stereocenters. The van der Waals surface area contributed by atoms with Gasteiger partial charge in [-0.05, 0) is 12.8 Å². The molecule has 6 heteroatoms. The minimum atomic E-state index is -0.610. The number of benzene rings is 1. The third-order valence-electron chi connectivity index (χ3n) is 3.50. The highest BCUT2D eigenvalue weighted by atomic mass is 16.5. The summed E-state index contributed by atoms with van der Waals surface area (Å²) in [5, 5.41) is 3.76. The summed E-state index contributed by atoms with van der Waals surface area (Å²) in [6, 6.07) is 9.52. The predicted octanol–water partition coefficient (Wildman–Crippen LogP) is 1.12. The SMILES string of the molecule is CN(C(=O)Cn1c(-c2ccccc2)noc1=O)C1CC1. The van der Waals surface area contributed by atoms with Crippen LogP contribution in [-0.4, -0.2) is 33.6 Å². The van der Waals surface area contributed by atoms with Crippen molar-refractivity contribution in [3.8, 4) is 11.4 Å². The molecule has 20 heavy (non-hydrogen) atoms. The van der Waals surface area contributed by atoms with Gasteiger partial charge in [-0.25, -0.2) is 9.36 Å². The lowest BCUT2D eigenvalue weighted by atomic mass is 10.2. The van der Waals surface area contributed by atoms with Crippen molar-refractivity contribution >= 4 is 5.91 Å². The Bertz CT molecular complexity index is 670. The lowest BCUT2D eigenvalue weighted by molar-refractivity contribution is -0.131. The number of carbonyl (C=O) groups excluding carboxylic acids is 1. The Balaban J connectivity index is 1.88. The van der Waals surface area contributed by atoms with Crippen molar-refractivity contribution in [2.45, 2.75) is 25.4 Å². The van der Waals surface area contributed by atoms with E-state index < -0.39 is 5.76 Å². The van der Waals surface area contributed by atoms with Crippen molar-refractivity contribution < 1.29 is 9.32 Å². The standard InChI is InChI=1S/C14H15N3O3/c1-16(11-7-8-11)12(18)9-17-13(15-20-14(17)19)10-5-3-2-4-6-10/h2-6,11H,7-9H2,1H3. The molecular weight excluding hydrogens is 258 g/mol. The number of hydrogen-bond donors (Lipinski definition) is 0. The molecule has 1 fully saturated rings. The molecule has 1 saturated carbocycles. The van der Waals surface area contributed by atoms with E-state index >= 15 is 0 Å². The van der Waals surface area contributed by atoms with Crippen molar-refractivity contribution in [3.63, 3.8) is 0 Å². The van der Waals surface area contributed by atoms with E-state index in [1.54, 1.807) is 11.9 Å². The number of hydrogen-bond acceptors (Lipinski definition) is 4. The lowest BCUT2D eigenvalue weighted by Gasteiger charge is -2.16. The van der Waals surface area contributed by atoms with E-state index in [2.05, 4.69) is 5.16 Å². The molecule has 104 valence electrons. The first-order valence-corrected chi connectivity index (χ1v) is 6.54. The molecule has 0 spiro atoms. The zero-order valence-corrected chi connectivity index (χ0v) is 11.2. The Hall–Kier alpha value is -2.37. The zero-order valence-electron chi connectivity index (χ0n) is 11.2. The van der Waals surface area contributed by atoms with Gasteiger partial charge in [0.15, 0.2) is 5.82 Å². The minimum absolute atomic E-state index is 0.0421. The summed E-state index contributed by atoms with van der Waals surface area (Å²) >= 11 is 0. The van der Waals surface area contributed by atoms with E-state index in [-0.39, 0.29) is 12.5 Å². The second-order valence-electron chi connectivity index (χ2n) is 4.96. The van der Waals surface area contributed by atoms with E-state index in [0.717, 1.165) is 18.4 Å². The van der Waals surface area contributed by atoms with E-state index in [1.807, 2.05) is 30.3 Å². The molecule has 0 bridgehead atoms. The maximum absolute atomic E-state index is 12.1. The van der Waals surface area contributed by atoms with E-state index in [1.165, 1.54) is 4.57 Å². The van der Waals surface area contributed by atoms with Gasteiger partial charge < -0.3 is 4.90 Å². The Morgan fingerprint density at radius 3 is 2.75 bits per heavy atom. The Kier molecular flexibility index (Phi) is 3.14. The van der Waals surface area contributed by atoms with Crippen LogP contribution in [0.3, 0.4) is 0 Å². The molecule has 3 rings (SSSR count). The maximum Gasteiger partial charge on any atom is 0.442 e. The molecule has 1 aliphatic carbocycles. The number of likely N-dealkylation sites (N-methyl/N-ethyl adjacent to an activating group) is 1. The van der Waals surface area contributed by atoms with Gasteiger partial charge >= 0.3 is 5.76 Å². The van der Waals surface area contributed by atoms with Gasteiger partial charge in [-0.15, -0.1) is 0 Å². The molecule has 0 radical (unpaired) electrons. The Morgan fingerprint density at radius 2 is 2.10 bits per heavy atom. The molecule has 0 saturated heterocycles. The smallest absolute Gasteiger partial charge is 0.341 e. The highest BCUT2D eigenvalue weighted by Gasteiger charge is 2.30. The number of aromatic nitrogens is 2. The first kappa shape index (κ1) is 12.7. The van der Waals surface area contributed by atoms with Gasteiger partial charge in [-0.2, -0.15) is 0 Å². The van der Waals surface area contributed by atoms with Crippen LogP contribution in [-0.2, 0) is 11.3 Å². The van der Waals surface area contributed by atoms with Gasteiger partial charge in [0.1, 0.15) is 6.54 Å². The summed E-state index contributed by atoms with van der Waals surface area (Å²) in [5.41, 5.74) is 0.750. The van der Waals surface area contributed by atoms with Crippen LogP contribution in [0.4, 0.5) is 0 Å². The molecule has 1 amide bonds. The molecule has 0 N–H and O–H groups in total. The fourth-order valence-corrected chi connectivity index (χ4v) is 2.11. The molecule has 0 aliphatic heterocycles. The van der Waals surface area contributed by atoms with Crippen LogP contribution in [0.15, 0.2) is 39.6 Å². The first-order chi connectivity index (χ1) is 9.66. The fraction of sp³-hybridized carbons (Fsp3) is 0.357. The van der Waals surface area contributed by atoms with Crippen LogP contribution in [0.25, 0.3) is 11.4 Å². The minimum Gasteiger partial charge on any atom is -0.341 e. The van der Waals surface area contributed by atoms with Gasteiger partial charge in [0.2, 0.25) is 5.91 Å². The Morgan fingerprint density at radius 1 is 1.40 bits per heavy atom. The normalized spacial score (nSPS) is 14.2. The van der Waals surface area contributed by atoms with Gasteiger partial charge in [-0.3, -0.25) is 9.32 Å². The monoisotopic (exact) mass is 273 g/mol. The maximum atomic E-state index is 12.1. The molecule has 0 atom stereocenters. The lowest BCUT2D eigenvalue weighted by Crippen LogP contribution is -2.34. The number of rotatable bonds is 4. The first-order valence-electron chi connectivity index (χ1n) is 6.54. The fourth-order valence-electron chi connectivity index (χ4n) is 2.11. The summed E-state index contributed by atoms with van der Waals surface area (Å²) in [6.45, 7) is -0.0421. The average molecular weight is 273 g/mol. The largest absolute Gasteiger partial charge is 0.442 e. The quantitative estimate of drug-likeness (QED) is 0.837. The van der Waals surface area contributed by atoms with E-state index in [0.29, 0.717) is 11.9 Å². The second kappa shape index (κ2) is 4.96. The van der Waals surface area contributed by atoms with Crippen molar-refractivity contribution in [2.24, 2.45) is 0 Å². The third kappa shape index (κ3) is 2.36. The highest BCUT2D eigenvalue weighted by molar-refractivity contribution is 5.77. The summed E-state index contributed by atoms with van der Waals surface area (Å²) in [7, 11) is 1.76. The van der Waals surface area contributed by atoms with E-state index in [4.69, 9.17) is 4.52 Å². The van der Waals surface area contributed by atoms with Gasteiger partial charge in [0.05, 0.1) is 0 Å². The number of nitrogens with zero attached hydrogens (tertiary/aromatic N) is 3.